The summed E-state index contributed by atoms with van der Waals surface area (Å²) < 4.78 is 9.35. The number of ether oxygens (including phenoxy) is 2. The lowest BCUT2D eigenvalue weighted by molar-refractivity contribution is -0.141. The molecular formula is C12H16N2O4. The number of rotatable bonds is 5. The smallest absolute Gasteiger partial charge is 0.408 e. The minimum absolute atomic E-state index is 0.100. The van der Waals surface area contributed by atoms with Gasteiger partial charge < -0.3 is 20.5 Å². The van der Waals surface area contributed by atoms with Crippen LogP contribution in [0.5, 0.6) is 0 Å². The average molecular weight is 252 g/mol. The summed E-state index contributed by atoms with van der Waals surface area (Å²) in [4.78, 5) is 22.2. The van der Waals surface area contributed by atoms with Gasteiger partial charge in [-0.25, -0.2) is 4.79 Å². The number of esters is 1. The van der Waals surface area contributed by atoms with Crippen molar-refractivity contribution in [2.45, 2.75) is 19.2 Å². The van der Waals surface area contributed by atoms with Crippen LogP contribution in [-0.2, 0) is 20.9 Å². The Labute approximate surface area is 105 Å². The number of nitrogens with two attached hydrogens (primary N) is 1. The van der Waals surface area contributed by atoms with E-state index in [0.29, 0.717) is 0 Å². The second-order valence-electron chi connectivity index (χ2n) is 3.59. The van der Waals surface area contributed by atoms with Crippen molar-refractivity contribution in [1.82, 2.24) is 5.32 Å². The van der Waals surface area contributed by atoms with Gasteiger partial charge >= 0.3 is 12.1 Å². The number of alkyl carbamates (subject to hydrolysis) is 1. The summed E-state index contributed by atoms with van der Waals surface area (Å²) >= 11 is 0. The van der Waals surface area contributed by atoms with Gasteiger partial charge in [0.1, 0.15) is 6.61 Å². The fraction of sp³-hybridized carbons (Fsp3) is 0.333. The van der Waals surface area contributed by atoms with E-state index in [0.717, 1.165) is 5.56 Å². The first-order chi connectivity index (χ1) is 8.61. The molecule has 1 aromatic carbocycles. The standard InChI is InChI=1S/C12H16N2O4/c1-17-11(15)7-10(13)14-12(16)18-8-9-5-3-2-4-6-9/h2-6,10H,7-8,13H2,1H3,(H,14,16). The molecule has 0 aromatic heterocycles. The molecule has 0 bridgehead atoms. The summed E-state index contributed by atoms with van der Waals surface area (Å²) in [6, 6.07) is 9.23. The minimum atomic E-state index is -0.819. The van der Waals surface area contributed by atoms with Gasteiger partial charge in [-0.3, -0.25) is 4.79 Å². The van der Waals surface area contributed by atoms with Gasteiger partial charge in [-0.2, -0.15) is 0 Å². The third-order valence-corrected chi connectivity index (χ3v) is 2.13. The van der Waals surface area contributed by atoms with Crippen LogP contribution in [0.15, 0.2) is 30.3 Å². The summed E-state index contributed by atoms with van der Waals surface area (Å²) in [6.45, 7) is 0.150. The van der Waals surface area contributed by atoms with E-state index in [-0.39, 0.29) is 13.0 Å². The van der Waals surface area contributed by atoms with Gasteiger partial charge in [-0.05, 0) is 5.56 Å². The molecule has 98 valence electrons. The monoisotopic (exact) mass is 252 g/mol. The number of carbonyl (C=O) groups excluding carboxylic acids is 2. The number of carbonyl (C=O) groups is 2. The van der Waals surface area contributed by atoms with Gasteiger partial charge in [0.05, 0.1) is 19.7 Å². The highest BCUT2D eigenvalue weighted by Gasteiger charge is 2.13. The van der Waals surface area contributed by atoms with E-state index in [1.807, 2.05) is 30.3 Å². The van der Waals surface area contributed by atoms with Crippen molar-refractivity contribution < 1.29 is 19.1 Å². The summed E-state index contributed by atoms with van der Waals surface area (Å²) in [6.07, 6.45) is -1.59. The van der Waals surface area contributed by atoms with E-state index in [1.54, 1.807) is 0 Å². The molecule has 18 heavy (non-hydrogen) atoms. The van der Waals surface area contributed by atoms with E-state index in [4.69, 9.17) is 10.5 Å². The molecule has 6 heteroatoms. The molecule has 0 radical (unpaired) electrons. The summed E-state index contributed by atoms with van der Waals surface area (Å²) in [5.74, 6) is -0.495. The lowest BCUT2D eigenvalue weighted by Gasteiger charge is -2.12. The first-order valence-corrected chi connectivity index (χ1v) is 5.41. The fourth-order valence-electron chi connectivity index (χ4n) is 1.23. The van der Waals surface area contributed by atoms with Crippen molar-refractivity contribution in [3.8, 4) is 0 Å². The van der Waals surface area contributed by atoms with Crippen molar-refractivity contribution in [1.29, 1.82) is 0 Å². The number of hydrogen-bond donors (Lipinski definition) is 2. The summed E-state index contributed by atoms with van der Waals surface area (Å²) in [5.41, 5.74) is 6.38. The van der Waals surface area contributed by atoms with Crippen LogP contribution in [0.25, 0.3) is 0 Å². The molecule has 1 rings (SSSR count). The quantitative estimate of drug-likeness (QED) is 0.596. The Morgan fingerprint density at radius 1 is 1.33 bits per heavy atom. The molecule has 0 saturated heterocycles. The molecule has 0 aliphatic heterocycles. The number of amides is 1. The van der Waals surface area contributed by atoms with Crippen LogP contribution in [-0.4, -0.2) is 25.3 Å². The van der Waals surface area contributed by atoms with E-state index in [1.165, 1.54) is 7.11 Å². The van der Waals surface area contributed by atoms with Gasteiger partial charge in [-0.1, -0.05) is 30.3 Å². The van der Waals surface area contributed by atoms with Crippen LogP contribution in [0.3, 0.4) is 0 Å². The minimum Gasteiger partial charge on any atom is -0.469 e. The zero-order valence-electron chi connectivity index (χ0n) is 10.1. The van der Waals surface area contributed by atoms with E-state index >= 15 is 0 Å². The molecule has 3 N–H and O–H groups in total. The Morgan fingerprint density at radius 2 is 2.00 bits per heavy atom. The van der Waals surface area contributed by atoms with Crippen LogP contribution in [0.2, 0.25) is 0 Å². The predicted octanol–water partition coefficient (Wildman–Crippen LogP) is 0.761. The normalized spacial score (nSPS) is 11.4. The van der Waals surface area contributed by atoms with Crippen molar-refractivity contribution >= 4 is 12.1 Å². The molecular weight excluding hydrogens is 236 g/mol. The Balaban J connectivity index is 2.27. The van der Waals surface area contributed by atoms with E-state index < -0.39 is 18.2 Å². The highest BCUT2D eigenvalue weighted by molar-refractivity contribution is 5.72. The zero-order valence-corrected chi connectivity index (χ0v) is 10.1. The van der Waals surface area contributed by atoms with Crippen molar-refractivity contribution in [3.63, 3.8) is 0 Å². The second-order valence-corrected chi connectivity index (χ2v) is 3.59. The predicted molar refractivity (Wildman–Crippen MR) is 64.4 cm³/mol. The fourth-order valence-corrected chi connectivity index (χ4v) is 1.23. The third kappa shape index (κ3) is 5.31. The van der Waals surface area contributed by atoms with Crippen molar-refractivity contribution in [2.75, 3.05) is 7.11 Å². The Morgan fingerprint density at radius 3 is 2.61 bits per heavy atom. The summed E-state index contributed by atoms with van der Waals surface area (Å²) in [5, 5.41) is 2.33. The third-order valence-electron chi connectivity index (χ3n) is 2.13. The Bertz CT molecular complexity index is 394. The van der Waals surface area contributed by atoms with Gasteiger partial charge in [-0.15, -0.1) is 0 Å². The average Bonchev–Trinajstić information content (AvgIpc) is 2.37. The molecule has 1 unspecified atom stereocenters. The Hall–Kier alpha value is -2.08. The van der Waals surface area contributed by atoms with Crippen molar-refractivity contribution in [2.24, 2.45) is 5.73 Å². The molecule has 0 aliphatic carbocycles. The molecule has 0 heterocycles. The van der Waals surface area contributed by atoms with Gasteiger partial charge in [0.25, 0.3) is 0 Å². The van der Waals surface area contributed by atoms with Crippen LogP contribution in [0.1, 0.15) is 12.0 Å². The topological polar surface area (TPSA) is 90.6 Å². The molecule has 0 spiro atoms. The van der Waals surface area contributed by atoms with Crippen LogP contribution in [0.4, 0.5) is 4.79 Å². The van der Waals surface area contributed by atoms with Crippen LogP contribution < -0.4 is 11.1 Å². The molecule has 0 aliphatic rings. The number of hydrogen-bond acceptors (Lipinski definition) is 5. The molecule has 0 fully saturated rings. The highest BCUT2D eigenvalue weighted by Crippen LogP contribution is 2.00. The lowest BCUT2D eigenvalue weighted by Crippen LogP contribution is -2.43. The number of methoxy groups -OCH3 is 1. The Kier molecular flexibility index (Phi) is 5.66. The number of nitrogens with one attached hydrogen (secondary N) is 1. The van der Waals surface area contributed by atoms with Crippen LogP contribution >= 0.6 is 0 Å². The summed E-state index contributed by atoms with van der Waals surface area (Å²) in [7, 11) is 1.25. The maximum atomic E-state index is 11.3. The molecule has 1 atom stereocenters. The highest BCUT2D eigenvalue weighted by atomic mass is 16.5. The SMILES string of the molecule is COC(=O)CC(N)NC(=O)OCc1ccccc1. The molecule has 1 aromatic rings. The molecule has 1 amide bonds. The van der Waals surface area contributed by atoms with Crippen molar-refractivity contribution in [3.05, 3.63) is 35.9 Å². The van der Waals surface area contributed by atoms with Gasteiger partial charge in [0.15, 0.2) is 0 Å². The number of benzene rings is 1. The van der Waals surface area contributed by atoms with E-state index in [2.05, 4.69) is 10.1 Å². The maximum Gasteiger partial charge on any atom is 0.408 e. The van der Waals surface area contributed by atoms with Gasteiger partial charge in [0, 0.05) is 0 Å². The maximum absolute atomic E-state index is 11.3. The first-order valence-electron chi connectivity index (χ1n) is 5.41. The van der Waals surface area contributed by atoms with Crippen LogP contribution in [0, 0.1) is 0 Å². The largest absolute Gasteiger partial charge is 0.469 e. The molecule has 6 nitrogen and oxygen atoms in total. The van der Waals surface area contributed by atoms with Gasteiger partial charge in [0.2, 0.25) is 0 Å². The molecule has 0 saturated carbocycles. The zero-order chi connectivity index (χ0) is 13.4. The second kappa shape index (κ2) is 7.29. The first kappa shape index (κ1) is 14.0. The van der Waals surface area contributed by atoms with E-state index in [9.17, 15) is 9.59 Å². The lowest BCUT2D eigenvalue weighted by atomic mass is 10.2.